The number of ether oxygens (including phenoxy) is 1. The normalized spacial score (nSPS) is 11.8. The first-order valence-corrected chi connectivity index (χ1v) is 9.16. The number of nitro benzene ring substituents is 1. The summed E-state index contributed by atoms with van der Waals surface area (Å²) < 4.78 is 6.42. The van der Waals surface area contributed by atoms with Crippen LogP contribution in [0.15, 0.2) is 53.5 Å². The number of hydrogen-bond acceptors (Lipinski definition) is 6. The molecule has 0 bridgehead atoms. The number of non-ortho nitro benzene ring substituents is 1. The van der Waals surface area contributed by atoms with Gasteiger partial charge in [-0.2, -0.15) is 0 Å². The molecule has 0 spiro atoms. The number of nitrogens with zero attached hydrogens (tertiary/aromatic N) is 2. The molecular weight excluding hydrogens is 378 g/mol. The standard InChI is InChI=1S/C20H23N3O6/c1-14(2)29-12-6-10-21-20(26)18(22-11-4-3-9-17(22)24)19(25)15-7-5-8-16(13-15)23(27)28/h3-5,7-9,11,13-14,18H,6,10,12H2,1-2H3,(H,21,26). The molecule has 0 saturated carbocycles. The molecule has 1 amide bonds. The van der Waals surface area contributed by atoms with Gasteiger partial charge in [-0.05, 0) is 26.3 Å². The van der Waals surface area contributed by atoms with Crippen molar-refractivity contribution in [1.29, 1.82) is 0 Å². The summed E-state index contributed by atoms with van der Waals surface area (Å²) in [6.45, 7) is 4.49. The van der Waals surface area contributed by atoms with Gasteiger partial charge in [-0.25, -0.2) is 0 Å². The van der Waals surface area contributed by atoms with Crippen molar-refractivity contribution >= 4 is 17.4 Å². The Balaban J connectivity index is 2.26. The molecule has 0 aliphatic heterocycles. The van der Waals surface area contributed by atoms with Crippen molar-refractivity contribution in [2.45, 2.75) is 32.4 Å². The summed E-state index contributed by atoms with van der Waals surface area (Å²) in [6, 6.07) is 7.85. The van der Waals surface area contributed by atoms with Gasteiger partial charge in [0.25, 0.3) is 17.2 Å². The fourth-order valence-corrected chi connectivity index (χ4v) is 2.65. The lowest BCUT2D eigenvalue weighted by Crippen LogP contribution is -2.41. The number of hydrogen-bond donors (Lipinski definition) is 1. The maximum Gasteiger partial charge on any atom is 0.270 e. The quantitative estimate of drug-likeness (QED) is 0.214. The molecular formula is C20H23N3O6. The maximum atomic E-state index is 13.0. The van der Waals surface area contributed by atoms with E-state index in [-0.39, 0.29) is 23.9 Å². The number of Topliss-reactive ketones (excluding diaryl/α,β-unsaturated/α-hetero) is 1. The molecule has 1 unspecified atom stereocenters. The van der Waals surface area contributed by atoms with Gasteiger partial charge in [0.1, 0.15) is 0 Å². The number of rotatable bonds is 10. The molecule has 0 aliphatic rings. The Hall–Kier alpha value is -3.33. The molecule has 9 heteroatoms. The van der Waals surface area contributed by atoms with Crippen LogP contribution in [-0.2, 0) is 9.53 Å². The van der Waals surface area contributed by atoms with E-state index in [1.807, 2.05) is 13.8 Å². The Labute approximate surface area is 167 Å². The topological polar surface area (TPSA) is 121 Å². The Kier molecular flexibility index (Phi) is 7.79. The minimum absolute atomic E-state index is 0.0294. The van der Waals surface area contributed by atoms with Gasteiger partial charge in [0.2, 0.25) is 0 Å². The van der Waals surface area contributed by atoms with Crippen LogP contribution in [0.4, 0.5) is 5.69 Å². The van der Waals surface area contributed by atoms with E-state index in [2.05, 4.69) is 5.32 Å². The molecule has 1 atom stereocenters. The number of nitrogens with one attached hydrogen (secondary N) is 1. The third-order valence-corrected chi connectivity index (χ3v) is 4.04. The molecule has 1 aromatic carbocycles. The molecule has 2 rings (SSSR count). The number of benzene rings is 1. The van der Waals surface area contributed by atoms with Crippen molar-refractivity contribution in [2.24, 2.45) is 0 Å². The molecule has 2 aromatic rings. The first-order chi connectivity index (χ1) is 13.8. The third kappa shape index (κ3) is 6.08. The van der Waals surface area contributed by atoms with Crippen LogP contribution in [0.2, 0.25) is 0 Å². The minimum atomic E-state index is -1.48. The summed E-state index contributed by atoms with van der Waals surface area (Å²) in [5.41, 5.74) is -0.839. The van der Waals surface area contributed by atoms with Crippen molar-refractivity contribution in [1.82, 2.24) is 9.88 Å². The highest BCUT2D eigenvalue weighted by molar-refractivity contribution is 6.12. The van der Waals surface area contributed by atoms with Gasteiger partial charge < -0.3 is 10.1 Å². The summed E-state index contributed by atoms with van der Waals surface area (Å²) in [6.07, 6.45) is 1.94. The summed E-state index contributed by atoms with van der Waals surface area (Å²) in [4.78, 5) is 48.4. The Morgan fingerprint density at radius 2 is 1.97 bits per heavy atom. The summed E-state index contributed by atoms with van der Waals surface area (Å²) in [5.74, 6) is -1.38. The smallest absolute Gasteiger partial charge is 0.270 e. The highest BCUT2D eigenvalue weighted by Gasteiger charge is 2.30. The number of aromatic nitrogens is 1. The first kappa shape index (κ1) is 22.0. The second kappa shape index (κ2) is 10.3. The molecule has 29 heavy (non-hydrogen) atoms. The summed E-state index contributed by atoms with van der Waals surface area (Å²) >= 11 is 0. The van der Waals surface area contributed by atoms with E-state index >= 15 is 0 Å². The Bertz CT molecular complexity index is 938. The van der Waals surface area contributed by atoms with Crippen LogP contribution in [0.3, 0.4) is 0 Å². The highest BCUT2D eigenvalue weighted by atomic mass is 16.6. The average molecular weight is 401 g/mol. The molecule has 1 aromatic heterocycles. The Morgan fingerprint density at radius 1 is 1.21 bits per heavy atom. The summed E-state index contributed by atoms with van der Waals surface area (Å²) in [7, 11) is 0. The van der Waals surface area contributed by atoms with Crippen molar-refractivity contribution in [3.8, 4) is 0 Å². The zero-order valence-corrected chi connectivity index (χ0v) is 16.2. The number of amides is 1. The van der Waals surface area contributed by atoms with E-state index in [1.165, 1.54) is 42.6 Å². The van der Waals surface area contributed by atoms with Crippen LogP contribution in [0.25, 0.3) is 0 Å². The van der Waals surface area contributed by atoms with E-state index in [0.717, 1.165) is 10.6 Å². The lowest BCUT2D eigenvalue weighted by atomic mass is 10.0. The van der Waals surface area contributed by atoms with Crippen LogP contribution in [0.1, 0.15) is 36.7 Å². The number of carbonyl (C=O) groups excluding carboxylic acids is 2. The van der Waals surface area contributed by atoms with E-state index < -0.39 is 28.2 Å². The van der Waals surface area contributed by atoms with E-state index in [0.29, 0.717) is 13.0 Å². The second-order valence-electron chi connectivity index (χ2n) is 6.58. The number of carbonyl (C=O) groups is 2. The fourth-order valence-electron chi connectivity index (χ4n) is 2.65. The monoisotopic (exact) mass is 401 g/mol. The fraction of sp³-hybridized carbons (Fsp3) is 0.350. The van der Waals surface area contributed by atoms with Gasteiger partial charge in [0, 0.05) is 43.1 Å². The van der Waals surface area contributed by atoms with Crippen molar-refractivity contribution in [3.63, 3.8) is 0 Å². The van der Waals surface area contributed by atoms with Crippen molar-refractivity contribution < 1.29 is 19.2 Å². The number of ketones is 1. The predicted octanol–water partition coefficient (Wildman–Crippen LogP) is 2.11. The van der Waals surface area contributed by atoms with Gasteiger partial charge in [-0.1, -0.05) is 18.2 Å². The summed E-state index contributed by atoms with van der Waals surface area (Å²) in [5, 5.41) is 13.6. The Morgan fingerprint density at radius 3 is 2.62 bits per heavy atom. The predicted molar refractivity (Wildman–Crippen MR) is 106 cm³/mol. The SMILES string of the molecule is CC(C)OCCCNC(=O)C(C(=O)c1cccc([N+](=O)[O-])c1)n1ccccc1=O. The van der Waals surface area contributed by atoms with E-state index in [9.17, 15) is 24.5 Å². The zero-order chi connectivity index (χ0) is 21.4. The van der Waals surface area contributed by atoms with Crippen LogP contribution in [-0.4, -0.2) is 40.4 Å². The molecule has 154 valence electrons. The molecule has 0 radical (unpaired) electrons. The van der Waals surface area contributed by atoms with E-state index in [4.69, 9.17) is 4.74 Å². The van der Waals surface area contributed by atoms with Crippen LogP contribution >= 0.6 is 0 Å². The van der Waals surface area contributed by atoms with Crippen molar-refractivity contribution in [2.75, 3.05) is 13.2 Å². The van der Waals surface area contributed by atoms with Crippen LogP contribution in [0.5, 0.6) is 0 Å². The van der Waals surface area contributed by atoms with E-state index in [1.54, 1.807) is 0 Å². The number of pyridine rings is 1. The second-order valence-corrected chi connectivity index (χ2v) is 6.58. The van der Waals surface area contributed by atoms with Crippen LogP contribution in [0, 0.1) is 10.1 Å². The first-order valence-electron chi connectivity index (χ1n) is 9.16. The molecule has 0 saturated heterocycles. The molecule has 1 N–H and O–H groups in total. The zero-order valence-electron chi connectivity index (χ0n) is 16.2. The van der Waals surface area contributed by atoms with Gasteiger partial charge in [0.15, 0.2) is 11.8 Å². The molecule has 1 heterocycles. The number of nitro groups is 1. The average Bonchev–Trinajstić information content (AvgIpc) is 2.69. The lowest BCUT2D eigenvalue weighted by molar-refractivity contribution is -0.384. The molecule has 0 aliphatic carbocycles. The highest BCUT2D eigenvalue weighted by Crippen LogP contribution is 2.19. The van der Waals surface area contributed by atoms with Crippen molar-refractivity contribution in [3.05, 3.63) is 74.7 Å². The third-order valence-electron chi connectivity index (χ3n) is 4.04. The van der Waals surface area contributed by atoms with Gasteiger partial charge in [-0.3, -0.25) is 29.1 Å². The molecule has 9 nitrogen and oxygen atoms in total. The van der Waals surface area contributed by atoms with Gasteiger partial charge in [0.05, 0.1) is 11.0 Å². The minimum Gasteiger partial charge on any atom is -0.379 e. The largest absolute Gasteiger partial charge is 0.379 e. The van der Waals surface area contributed by atoms with Gasteiger partial charge >= 0.3 is 0 Å². The van der Waals surface area contributed by atoms with Gasteiger partial charge in [-0.15, -0.1) is 0 Å². The molecule has 0 fully saturated rings. The lowest BCUT2D eigenvalue weighted by Gasteiger charge is -2.18. The maximum absolute atomic E-state index is 13.0. The van der Waals surface area contributed by atoms with Crippen LogP contribution < -0.4 is 10.9 Å².